The zero-order valence-corrected chi connectivity index (χ0v) is 13.9. The normalized spacial score (nSPS) is 11.7. The minimum Gasteiger partial charge on any atom is -0.280 e. The van der Waals surface area contributed by atoms with Crippen LogP contribution in [0.4, 0.5) is 5.69 Å². The second-order valence-electron chi connectivity index (χ2n) is 4.93. The maximum atomic E-state index is 12.3. The van der Waals surface area contributed by atoms with E-state index in [9.17, 15) is 8.42 Å². The average molecular weight is 344 g/mol. The first-order valence-electron chi connectivity index (χ1n) is 6.38. The van der Waals surface area contributed by atoms with Crippen molar-refractivity contribution in [2.24, 2.45) is 0 Å². The zero-order chi connectivity index (χ0) is 15.6. The number of sulfonamides is 1. The summed E-state index contributed by atoms with van der Waals surface area (Å²) >= 11 is 11.8. The molecule has 0 heterocycles. The van der Waals surface area contributed by atoms with E-state index in [0.717, 1.165) is 5.56 Å². The highest BCUT2D eigenvalue weighted by Gasteiger charge is 2.19. The Morgan fingerprint density at radius 1 is 1.00 bits per heavy atom. The summed E-state index contributed by atoms with van der Waals surface area (Å²) in [5.41, 5.74) is 1.62. The van der Waals surface area contributed by atoms with Gasteiger partial charge in [-0.15, -0.1) is 0 Å². The Bertz CT molecular complexity index is 741. The predicted molar refractivity (Wildman–Crippen MR) is 87.8 cm³/mol. The first-order valence-corrected chi connectivity index (χ1v) is 8.62. The fraction of sp³-hybridized carbons (Fsp3) is 0.200. The van der Waals surface area contributed by atoms with Crippen molar-refractivity contribution in [1.82, 2.24) is 0 Å². The summed E-state index contributed by atoms with van der Waals surface area (Å²) in [6.07, 6.45) is 0. The minimum atomic E-state index is -3.77. The second-order valence-corrected chi connectivity index (χ2v) is 7.37. The summed E-state index contributed by atoms with van der Waals surface area (Å²) in [5, 5.41) is 0.222. The van der Waals surface area contributed by atoms with Crippen molar-refractivity contribution < 1.29 is 8.42 Å². The Kier molecular flexibility index (Phi) is 4.81. The van der Waals surface area contributed by atoms with E-state index in [1.807, 2.05) is 12.1 Å². The van der Waals surface area contributed by atoms with E-state index in [-0.39, 0.29) is 14.9 Å². The molecule has 2 rings (SSSR count). The molecule has 0 radical (unpaired) electrons. The van der Waals surface area contributed by atoms with Crippen LogP contribution in [0.1, 0.15) is 25.3 Å². The Morgan fingerprint density at radius 2 is 1.62 bits per heavy atom. The molecule has 0 unspecified atom stereocenters. The van der Waals surface area contributed by atoms with Crippen LogP contribution in [0.15, 0.2) is 47.4 Å². The van der Waals surface area contributed by atoms with Gasteiger partial charge in [0.1, 0.15) is 4.90 Å². The molecule has 1 N–H and O–H groups in total. The van der Waals surface area contributed by atoms with Crippen LogP contribution in [-0.2, 0) is 10.0 Å². The van der Waals surface area contributed by atoms with Gasteiger partial charge in [0, 0.05) is 5.69 Å². The van der Waals surface area contributed by atoms with Crippen molar-refractivity contribution in [1.29, 1.82) is 0 Å². The van der Waals surface area contributed by atoms with Crippen molar-refractivity contribution >= 4 is 38.9 Å². The van der Waals surface area contributed by atoms with E-state index in [2.05, 4.69) is 18.6 Å². The zero-order valence-electron chi connectivity index (χ0n) is 11.6. The van der Waals surface area contributed by atoms with E-state index >= 15 is 0 Å². The van der Waals surface area contributed by atoms with Crippen molar-refractivity contribution in [2.75, 3.05) is 4.72 Å². The number of nitrogens with one attached hydrogen (secondary N) is 1. The lowest BCUT2D eigenvalue weighted by Gasteiger charge is -2.11. The fourth-order valence-corrected chi connectivity index (χ4v) is 3.66. The highest BCUT2D eigenvalue weighted by atomic mass is 35.5. The molecule has 0 bridgehead atoms. The molecule has 0 atom stereocenters. The lowest BCUT2D eigenvalue weighted by atomic mass is 10.0. The Morgan fingerprint density at radius 3 is 2.19 bits per heavy atom. The molecule has 112 valence electrons. The summed E-state index contributed by atoms with van der Waals surface area (Å²) in [4.78, 5) is -0.0374. The van der Waals surface area contributed by atoms with Crippen LogP contribution in [0.5, 0.6) is 0 Å². The lowest BCUT2D eigenvalue weighted by Crippen LogP contribution is -2.13. The van der Waals surface area contributed by atoms with Crippen molar-refractivity contribution in [3.05, 3.63) is 58.1 Å². The van der Waals surface area contributed by atoms with Gasteiger partial charge in [0.15, 0.2) is 0 Å². The number of anilines is 1. The number of hydrogen-bond donors (Lipinski definition) is 1. The third-order valence-electron chi connectivity index (χ3n) is 3.04. The van der Waals surface area contributed by atoms with E-state index in [0.29, 0.717) is 11.6 Å². The van der Waals surface area contributed by atoms with Crippen LogP contribution < -0.4 is 4.72 Å². The van der Waals surface area contributed by atoms with Crippen LogP contribution in [0.2, 0.25) is 10.0 Å². The quantitative estimate of drug-likeness (QED) is 0.856. The second kappa shape index (κ2) is 6.26. The van der Waals surface area contributed by atoms with Gasteiger partial charge in [-0.1, -0.05) is 55.2 Å². The van der Waals surface area contributed by atoms with E-state index in [1.54, 1.807) is 24.3 Å². The highest BCUT2D eigenvalue weighted by Crippen LogP contribution is 2.30. The first-order chi connectivity index (χ1) is 9.81. The fourth-order valence-electron chi connectivity index (χ4n) is 1.84. The summed E-state index contributed by atoms with van der Waals surface area (Å²) < 4.78 is 27.2. The summed E-state index contributed by atoms with van der Waals surface area (Å²) in [7, 11) is -3.77. The summed E-state index contributed by atoms with van der Waals surface area (Å²) in [5.74, 6) is 0.387. The van der Waals surface area contributed by atoms with Crippen LogP contribution >= 0.6 is 23.2 Å². The van der Waals surface area contributed by atoms with Gasteiger partial charge in [-0.25, -0.2) is 8.42 Å². The van der Waals surface area contributed by atoms with Gasteiger partial charge in [-0.3, -0.25) is 4.72 Å². The van der Waals surface area contributed by atoms with Gasteiger partial charge in [0.25, 0.3) is 10.0 Å². The maximum absolute atomic E-state index is 12.3. The molecule has 6 heteroatoms. The maximum Gasteiger partial charge on any atom is 0.263 e. The number of benzene rings is 2. The van der Waals surface area contributed by atoms with E-state index < -0.39 is 10.0 Å². The molecule has 0 spiro atoms. The Hall–Kier alpha value is -1.23. The molecule has 3 nitrogen and oxygen atoms in total. The largest absolute Gasteiger partial charge is 0.280 e. The SMILES string of the molecule is CC(C)c1ccc(NS(=O)(=O)c2cccc(Cl)c2Cl)cc1. The van der Waals surface area contributed by atoms with Crippen molar-refractivity contribution in [3.8, 4) is 0 Å². The van der Waals surface area contributed by atoms with Crippen LogP contribution in [0, 0.1) is 0 Å². The molecule has 0 aliphatic heterocycles. The van der Waals surface area contributed by atoms with Gasteiger partial charge in [0.05, 0.1) is 10.0 Å². The summed E-state index contributed by atoms with van der Waals surface area (Å²) in [6.45, 7) is 4.15. The highest BCUT2D eigenvalue weighted by molar-refractivity contribution is 7.92. The molecular formula is C15H15Cl2NO2S. The van der Waals surface area contributed by atoms with Crippen LogP contribution in [0.25, 0.3) is 0 Å². The molecule has 0 aliphatic rings. The standard InChI is InChI=1S/C15H15Cl2NO2S/c1-10(2)11-6-8-12(9-7-11)18-21(19,20)14-5-3-4-13(16)15(14)17/h3-10,18H,1-2H3. The smallest absolute Gasteiger partial charge is 0.263 e. The van der Waals surface area contributed by atoms with Gasteiger partial charge >= 0.3 is 0 Å². The number of hydrogen-bond acceptors (Lipinski definition) is 2. The average Bonchev–Trinajstić information content (AvgIpc) is 2.41. The number of rotatable bonds is 4. The minimum absolute atomic E-state index is 0.0190. The molecular weight excluding hydrogens is 329 g/mol. The molecule has 0 aliphatic carbocycles. The van der Waals surface area contributed by atoms with Crippen molar-refractivity contribution in [3.63, 3.8) is 0 Å². The molecule has 0 aromatic heterocycles. The van der Waals surface area contributed by atoms with Crippen LogP contribution in [0.3, 0.4) is 0 Å². The lowest BCUT2D eigenvalue weighted by molar-refractivity contribution is 0.601. The van der Waals surface area contributed by atoms with Gasteiger partial charge in [-0.05, 0) is 35.7 Å². The molecule has 0 fully saturated rings. The third-order valence-corrected chi connectivity index (χ3v) is 5.39. The number of halogens is 2. The molecule has 0 saturated heterocycles. The van der Waals surface area contributed by atoms with Gasteiger partial charge in [-0.2, -0.15) is 0 Å². The monoisotopic (exact) mass is 343 g/mol. The van der Waals surface area contributed by atoms with E-state index in [1.165, 1.54) is 6.07 Å². The predicted octanol–water partition coefficient (Wildman–Crippen LogP) is 4.92. The summed E-state index contributed by atoms with van der Waals surface area (Å²) in [6, 6.07) is 11.7. The Balaban J connectivity index is 2.31. The van der Waals surface area contributed by atoms with E-state index in [4.69, 9.17) is 23.2 Å². The van der Waals surface area contributed by atoms with Gasteiger partial charge in [0.2, 0.25) is 0 Å². The molecule has 2 aromatic rings. The molecule has 21 heavy (non-hydrogen) atoms. The first kappa shape index (κ1) is 16.1. The van der Waals surface area contributed by atoms with Crippen molar-refractivity contribution in [2.45, 2.75) is 24.7 Å². The topological polar surface area (TPSA) is 46.2 Å². The molecule has 2 aromatic carbocycles. The molecule has 0 amide bonds. The van der Waals surface area contributed by atoms with Gasteiger partial charge < -0.3 is 0 Å². The molecule has 0 saturated carbocycles. The van der Waals surface area contributed by atoms with Crippen LogP contribution in [-0.4, -0.2) is 8.42 Å². The third kappa shape index (κ3) is 3.70. The Labute approximate surface area is 135 Å².